The second-order valence-electron chi connectivity index (χ2n) is 4.91. The number of hydrogen-bond acceptors (Lipinski definition) is 0. The first-order valence-electron chi connectivity index (χ1n) is 6.77. The van der Waals surface area contributed by atoms with Gasteiger partial charge in [0, 0.05) is 0 Å². The van der Waals surface area contributed by atoms with E-state index in [0.29, 0.717) is 0 Å². The van der Waals surface area contributed by atoms with Gasteiger partial charge in [0.2, 0.25) is 0 Å². The maximum Gasteiger partial charge on any atom is -0.0201 e. The third-order valence-corrected chi connectivity index (χ3v) is 3.45. The van der Waals surface area contributed by atoms with E-state index < -0.39 is 0 Å². The third kappa shape index (κ3) is 3.82. The summed E-state index contributed by atoms with van der Waals surface area (Å²) in [6.45, 7) is 16.3. The van der Waals surface area contributed by atoms with Gasteiger partial charge < -0.3 is 0 Å². The van der Waals surface area contributed by atoms with Crippen LogP contribution in [0.4, 0.5) is 0 Å². The van der Waals surface area contributed by atoms with Crippen molar-refractivity contribution in [3.8, 4) is 0 Å². The number of allylic oxidation sites excluding steroid dienone is 6. The minimum Gasteiger partial charge on any atom is -0.0991 e. The zero-order chi connectivity index (χ0) is 14.4. The molecule has 0 aliphatic heterocycles. The molecule has 1 aromatic rings. The Hall–Kier alpha value is -1.82. The molecule has 0 N–H and O–H groups in total. The maximum atomic E-state index is 4.05. The number of hydrogen-bond donors (Lipinski definition) is 0. The predicted octanol–water partition coefficient (Wildman–Crippen LogP) is 5.82. The van der Waals surface area contributed by atoms with Gasteiger partial charge >= 0.3 is 0 Å². The van der Waals surface area contributed by atoms with Gasteiger partial charge in [-0.05, 0) is 55.0 Å². The highest BCUT2D eigenvalue weighted by Gasteiger charge is 2.05. The Labute approximate surface area is 117 Å². The Balaban J connectivity index is 3.26. The molecule has 0 aliphatic carbocycles. The smallest absolute Gasteiger partial charge is 0.0201 e. The highest BCUT2D eigenvalue weighted by molar-refractivity contribution is 5.73. The minimum absolute atomic E-state index is 1.03. The van der Waals surface area contributed by atoms with Crippen molar-refractivity contribution in [1.29, 1.82) is 0 Å². The predicted molar refractivity (Wildman–Crippen MR) is 88.1 cm³/mol. The molecule has 1 aromatic carbocycles. The quantitative estimate of drug-likeness (QED) is 0.579. The number of rotatable bonds is 5. The summed E-state index contributed by atoms with van der Waals surface area (Å²) >= 11 is 0. The van der Waals surface area contributed by atoms with Gasteiger partial charge in [-0.3, -0.25) is 0 Å². The summed E-state index contributed by atoms with van der Waals surface area (Å²) in [5, 5.41) is 0. The van der Waals surface area contributed by atoms with Gasteiger partial charge in [-0.1, -0.05) is 62.1 Å². The van der Waals surface area contributed by atoms with Crippen molar-refractivity contribution >= 4 is 11.1 Å². The van der Waals surface area contributed by atoms with E-state index in [1.54, 1.807) is 6.08 Å². The molecule has 0 atom stereocenters. The lowest BCUT2D eigenvalue weighted by Gasteiger charge is -2.12. The largest absolute Gasteiger partial charge is 0.0991 e. The van der Waals surface area contributed by atoms with Crippen LogP contribution in [0.15, 0.2) is 55.2 Å². The molecule has 0 nitrogen and oxygen atoms in total. The van der Waals surface area contributed by atoms with Crippen LogP contribution in [0.3, 0.4) is 0 Å². The zero-order valence-corrected chi connectivity index (χ0v) is 12.6. The van der Waals surface area contributed by atoms with Crippen LogP contribution >= 0.6 is 0 Å². The number of benzene rings is 1. The fourth-order valence-electron chi connectivity index (χ4n) is 2.10. The molecule has 0 aliphatic rings. The van der Waals surface area contributed by atoms with E-state index in [4.69, 9.17) is 0 Å². The molecule has 0 fully saturated rings. The monoisotopic (exact) mass is 252 g/mol. The lowest BCUT2D eigenvalue weighted by Crippen LogP contribution is -1.93. The molecule has 0 bridgehead atoms. The highest BCUT2D eigenvalue weighted by Crippen LogP contribution is 2.25. The molecular weight excluding hydrogens is 228 g/mol. The van der Waals surface area contributed by atoms with E-state index in [0.717, 1.165) is 12.0 Å². The molecular formula is C19H24. The number of aryl methyl sites for hydroxylation is 1. The molecule has 0 heterocycles. The van der Waals surface area contributed by atoms with E-state index in [-0.39, 0.29) is 0 Å². The van der Waals surface area contributed by atoms with Gasteiger partial charge in [0.15, 0.2) is 0 Å². The Morgan fingerprint density at radius 1 is 1.21 bits per heavy atom. The van der Waals surface area contributed by atoms with Crippen LogP contribution in [0.2, 0.25) is 0 Å². The van der Waals surface area contributed by atoms with E-state index in [1.165, 1.54) is 27.8 Å². The molecule has 0 radical (unpaired) electrons. The summed E-state index contributed by atoms with van der Waals surface area (Å²) in [5.74, 6) is 0. The highest BCUT2D eigenvalue weighted by atomic mass is 14.1. The summed E-state index contributed by atoms with van der Waals surface area (Å²) in [7, 11) is 0. The molecule has 0 saturated carbocycles. The van der Waals surface area contributed by atoms with Gasteiger partial charge in [-0.2, -0.15) is 0 Å². The SMILES string of the molecule is C=C/C=C\C(C)=C(/C)c1ccc(C(=C)C)c(CC)c1. The van der Waals surface area contributed by atoms with Crippen LogP contribution in [0.5, 0.6) is 0 Å². The first-order valence-corrected chi connectivity index (χ1v) is 6.77. The van der Waals surface area contributed by atoms with Gasteiger partial charge in [0.1, 0.15) is 0 Å². The van der Waals surface area contributed by atoms with Crippen LogP contribution in [-0.4, -0.2) is 0 Å². The fraction of sp³-hybridized carbons (Fsp3) is 0.263. The molecule has 0 unspecified atom stereocenters. The normalized spacial score (nSPS) is 12.4. The van der Waals surface area contributed by atoms with Crippen molar-refractivity contribution in [2.45, 2.75) is 34.1 Å². The van der Waals surface area contributed by atoms with Gasteiger partial charge in [0.25, 0.3) is 0 Å². The van der Waals surface area contributed by atoms with Crippen molar-refractivity contribution in [2.75, 3.05) is 0 Å². The second-order valence-corrected chi connectivity index (χ2v) is 4.91. The molecule has 0 spiro atoms. The fourth-order valence-corrected chi connectivity index (χ4v) is 2.10. The van der Waals surface area contributed by atoms with Crippen LogP contribution in [0.1, 0.15) is 44.4 Å². The minimum atomic E-state index is 1.03. The molecule has 0 heteroatoms. The van der Waals surface area contributed by atoms with Crippen LogP contribution in [0, 0.1) is 0 Å². The van der Waals surface area contributed by atoms with E-state index >= 15 is 0 Å². The maximum absolute atomic E-state index is 4.05. The second kappa shape index (κ2) is 6.94. The average Bonchev–Trinajstić information content (AvgIpc) is 2.42. The Bertz CT molecular complexity index is 539. The molecule has 1 rings (SSSR count). The molecule has 19 heavy (non-hydrogen) atoms. The first-order chi connectivity index (χ1) is 9.01. The third-order valence-electron chi connectivity index (χ3n) is 3.45. The Kier molecular flexibility index (Phi) is 5.57. The van der Waals surface area contributed by atoms with Gasteiger partial charge in [-0.15, -0.1) is 0 Å². The Morgan fingerprint density at radius 3 is 2.42 bits per heavy atom. The van der Waals surface area contributed by atoms with Crippen molar-refractivity contribution in [3.05, 3.63) is 71.8 Å². The van der Waals surface area contributed by atoms with Gasteiger partial charge in [0.05, 0.1) is 0 Å². The Morgan fingerprint density at radius 2 is 1.89 bits per heavy atom. The van der Waals surface area contributed by atoms with Gasteiger partial charge in [-0.25, -0.2) is 0 Å². The van der Waals surface area contributed by atoms with Crippen molar-refractivity contribution in [3.63, 3.8) is 0 Å². The average molecular weight is 252 g/mol. The van der Waals surface area contributed by atoms with Crippen LogP contribution < -0.4 is 0 Å². The van der Waals surface area contributed by atoms with Crippen molar-refractivity contribution in [2.24, 2.45) is 0 Å². The molecule has 0 saturated heterocycles. The lowest BCUT2D eigenvalue weighted by molar-refractivity contribution is 1.12. The summed E-state index contributed by atoms with van der Waals surface area (Å²) in [6, 6.07) is 6.65. The van der Waals surface area contributed by atoms with E-state index in [2.05, 4.69) is 65.1 Å². The first kappa shape index (κ1) is 15.2. The van der Waals surface area contributed by atoms with E-state index in [1.807, 2.05) is 6.08 Å². The molecule has 0 amide bonds. The zero-order valence-electron chi connectivity index (χ0n) is 12.6. The van der Waals surface area contributed by atoms with Crippen LogP contribution in [-0.2, 0) is 6.42 Å². The summed E-state index contributed by atoms with van der Waals surface area (Å²) < 4.78 is 0. The summed E-state index contributed by atoms with van der Waals surface area (Å²) in [6.07, 6.45) is 6.91. The van der Waals surface area contributed by atoms with Crippen molar-refractivity contribution in [1.82, 2.24) is 0 Å². The summed E-state index contributed by atoms with van der Waals surface area (Å²) in [4.78, 5) is 0. The topological polar surface area (TPSA) is 0 Å². The van der Waals surface area contributed by atoms with E-state index in [9.17, 15) is 0 Å². The summed E-state index contributed by atoms with van der Waals surface area (Å²) in [5.41, 5.74) is 7.63. The molecule has 0 aromatic heterocycles. The standard InChI is InChI=1S/C19H24/c1-7-9-10-15(5)16(6)18-11-12-19(14(3)4)17(8-2)13-18/h7,9-13H,1,3,8H2,2,4-6H3/b10-9-,16-15+. The van der Waals surface area contributed by atoms with Crippen LogP contribution in [0.25, 0.3) is 11.1 Å². The van der Waals surface area contributed by atoms with Crippen molar-refractivity contribution < 1.29 is 0 Å². The lowest BCUT2D eigenvalue weighted by atomic mass is 9.93. The molecule has 100 valence electrons.